The molecule has 0 aliphatic carbocycles. The van der Waals surface area contributed by atoms with E-state index in [-0.39, 0.29) is 0 Å². The highest BCUT2D eigenvalue weighted by Crippen LogP contribution is 2.24. The van der Waals surface area contributed by atoms with Crippen LogP contribution in [0.1, 0.15) is 17.0 Å². The molecule has 0 bridgehead atoms. The predicted molar refractivity (Wildman–Crippen MR) is 77.5 cm³/mol. The highest BCUT2D eigenvalue weighted by molar-refractivity contribution is 9.10. The van der Waals surface area contributed by atoms with Crippen molar-refractivity contribution in [3.05, 3.63) is 63.3 Å². The fourth-order valence-corrected chi connectivity index (χ4v) is 2.49. The number of rotatable bonds is 4. The van der Waals surface area contributed by atoms with Crippen LogP contribution >= 0.6 is 27.5 Å². The Balaban J connectivity index is 2.29. The first-order valence-corrected chi connectivity index (χ1v) is 6.82. The molecule has 0 fully saturated rings. The molecule has 5 heteroatoms. The Labute approximate surface area is 124 Å². The Kier molecular flexibility index (Phi) is 4.56. The van der Waals surface area contributed by atoms with Crippen LogP contribution in [0.3, 0.4) is 0 Å². The van der Waals surface area contributed by atoms with E-state index in [0.717, 1.165) is 15.6 Å². The molecular weight excluding hydrogens is 330 g/mol. The standard InChI is InChI=1S/C14H11BrClNO2/c15-11-3-1-2-10(8-11)12(14(18)19)6-9-4-5-17-13(16)7-9/h1-5,7-8,12H,6H2,(H,18,19). The smallest absolute Gasteiger partial charge is 0.311 e. The van der Waals surface area contributed by atoms with Crippen LogP contribution in [-0.2, 0) is 11.2 Å². The molecule has 0 saturated heterocycles. The summed E-state index contributed by atoms with van der Waals surface area (Å²) >= 11 is 9.17. The molecule has 1 atom stereocenters. The zero-order valence-electron chi connectivity index (χ0n) is 9.88. The van der Waals surface area contributed by atoms with Crippen molar-refractivity contribution in [2.45, 2.75) is 12.3 Å². The SMILES string of the molecule is O=C(O)C(Cc1ccnc(Cl)c1)c1cccc(Br)c1. The van der Waals surface area contributed by atoms with E-state index < -0.39 is 11.9 Å². The number of carboxylic acids is 1. The van der Waals surface area contributed by atoms with Gasteiger partial charge in [-0.15, -0.1) is 0 Å². The lowest BCUT2D eigenvalue weighted by Gasteiger charge is -2.13. The molecule has 0 saturated carbocycles. The molecule has 0 radical (unpaired) electrons. The van der Waals surface area contributed by atoms with Gasteiger partial charge in [-0.25, -0.2) is 4.98 Å². The van der Waals surface area contributed by atoms with Gasteiger partial charge in [0, 0.05) is 10.7 Å². The number of aliphatic carboxylic acids is 1. The lowest BCUT2D eigenvalue weighted by Crippen LogP contribution is -2.14. The summed E-state index contributed by atoms with van der Waals surface area (Å²) in [6, 6.07) is 10.8. The van der Waals surface area contributed by atoms with Gasteiger partial charge in [-0.3, -0.25) is 4.79 Å². The summed E-state index contributed by atoms with van der Waals surface area (Å²) in [4.78, 5) is 15.3. The van der Waals surface area contributed by atoms with Crippen LogP contribution in [0.15, 0.2) is 47.1 Å². The molecule has 1 heterocycles. The number of hydrogen-bond donors (Lipinski definition) is 1. The Bertz CT molecular complexity index is 604. The van der Waals surface area contributed by atoms with Gasteiger partial charge in [-0.1, -0.05) is 39.7 Å². The average Bonchev–Trinajstić information content (AvgIpc) is 2.35. The Morgan fingerprint density at radius 2 is 2.16 bits per heavy atom. The van der Waals surface area contributed by atoms with Crippen molar-refractivity contribution in [2.75, 3.05) is 0 Å². The third-order valence-electron chi connectivity index (χ3n) is 2.78. The average molecular weight is 341 g/mol. The van der Waals surface area contributed by atoms with E-state index in [9.17, 15) is 9.90 Å². The van der Waals surface area contributed by atoms with Crippen molar-refractivity contribution < 1.29 is 9.90 Å². The number of nitrogens with zero attached hydrogens (tertiary/aromatic N) is 1. The molecule has 0 spiro atoms. The quantitative estimate of drug-likeness (QED) is 0.859. The van der Waals surface area contributed by atoms with E-state index in [1.807, 2.05) is 24.3 Å². The van der Waals surface area contributed by atoms with Crippen molar-refractivity contribution in [3.8, 4) is 0 Å². The van der Waals surface area contributed by atoms with Gasteiger partial charge in [-0.2, -0.15) is 0 Å². The van der Waals surface area contributed by atoms with Crippen molar-refractivity contribution in [1.29, 1.82) is 0 Å². The first kappa shape index (κ1) is 14.0. The molecule has 1 unspecified atom stereocenters. The van der Waals surface area contributed by atoms with Crippen molar-refractivity contribution in [2.24, 2.45) is 0 Å². The first-order valence-electron chi connectivity index (χ1n) is 5.65. The molecule has 1 aromatic carbocycles. The van der Waals surface area contributed by atoms with Gasteiger partial charge < -0.3 is 5.11 Å². The Morgan fingerprint density at radius 1 is 1.37 bits per heavy atom. The maximum atomic E-state index is 11.4. The second kappa shape index (κ2) is 6.17. The number of halogens is 2. The zero-order valence-corrected chi connectivity index (χ0v) is 12.2. The number of aromatic nitrogens is 1. The first-order chi connectivity index (χ1) is 9.06. The van der Waals surface area contributed by atoms with E-state index in [0.29, 0.717) is 11.6 Å². The monoisotopic (exact) mass is 339 g/mol. The van der Waals surface area contributed by atoms with E-state index in [1.165, 1.54) is 0 Å². The van der Waals surface area contributed by atoms with Crippen LogP contribution in [0, 0.1) is 0 Å². The summed E-state index contributed by atoms with van der Waals surface area (Å²) in [5.74, 6) is -1.46. The van der Waals surface area contributed by atoms with Gasteiger partial charge in [0.1, 0.15) is 5.15 Å². The van der Waals surface area contributed by atoms with Crippen LogP contribution in [0.25, 0.3) is 0 Å². The highest BCUT2D eigenvalue weighted by Gasteiger charge is 2.20. The lowest BCUT2D eigenvalue weighted by atomic mass is 9.92. The molecule has 2 aromatic rings. The van der Waals surface area contributed by atoms with Crippen LogP contribution in [0.5, 0.6) is 0 Å². The molecule has 0 aliphatic rings. The number of benzene rings is 1. The summed E-state index contributed by atoms with van der Waals surface area (Å²) < 4.78 is 0.865. The molecule has 3 nitrogen and oxygen atoms in total. The number of carbonyl (C=O) groups is 1. The summed E-state index contributed by atoms with van der Waals surface area (Å²) in [5, 5.41) is 9.76. The Hall–Kier alpha value is -1.39. The minimum Gasteiger partial charge on any atom is -0.481 e. The third kappa shape index (κ3) is 3.78. The van der Waals surface area contributed by atoms with Gasteiger partial charge in [0.2, 0.25) is 0 Å². The number of carboxylic acid groups (broad SMARTS) is 1. The van der Waals surface area contributed by atoms with E-state index in [2.05, 4.69) is 20.9 Å². The molecular formula is C14H11BrClNO2. The number of pyridine rings is 1. The fourth-order valence-electron chi connectivity index (χ4n) is 1.88. The van der Waals surface area contributed by atoms with Gasteiger partial charge in [0.25, 0.3) is 0 Å². The molecule has 19 heavy (non-hydrogen) atoms. The van der Waals surface area contributed by atoms with Crippen LogP contribution in [-0.4, -0.2) is 16.1 Å². The zero-order chi connectivity index (χ0) is 13.8. The highest BCUT2D eigenvalue weighted by atomic mass is 79.9. The minimum absolute atomic E-state index is 0.371. The summed E-state index contributed by atoms with van der Waals surface area (Å²) in [6.45, 7) is 0. The van der Waals surface area contributed by atoms with E-state index in [4.69, 9.17) is 11.6 Å². The molecule has 1 N–H and O–H groups in total. The summed E-state index contributed by atoms with van der Waals surface area (Å²) in [6.07, 6.45) is 1.96. The molecule has 98 valence electrons. The predicted octanol–water partition coefficient (Wildman–Crippen LogP) is 3.91. The normalized spacial score (nSPS) is 12.1. The Morgan fingerprint density at radius 3 is 2.79 bits per heavy atom. The molecule has 0 amide bonds. The van der Waals surface area contributed by atoms with Gasteiger partial charge in [0.15, 0.2) is 0 Å². The molecule has 0 aliphatic heterocycles. The topological polar surface area (TPSA) is 50.2 Å². The fraction of sp³-hybridized carbons (Fsp3) is 0.143. The van der Waals surface area contributed by atoms with Gasteiger partial charge >= 0.3 is 5.97 Å². The maximum absolute atomic E-state index is 11.4. The maximum Gasteiger partial charge on any atom is 0.311 e. The molecule has 2 rings (SSSR count). The third-order valence-corrected chi connectivity index (χ3v) is 3.48. The lowest BCUT2D eigenvalue weighted by molar-refractivity contribution is -0.138. The van der Waals surface area contributed by atoms with Crippen molar-refractivity contribution in [1.82, 2.24) is 4.98 Å². The van der Waals surface area contributed by atoms with Gasteiger partial charge in [0.05, 0.1) is 5.92 Å². The summed E-state index contributed by atoms with van der Waals surface area (Å²) in [5.41, 5.74) is 1.61. The number of hydrogen-bond acceptors (Lipinski definition) is 2. The van der Waals surface area contributed by atoms with E-state index in [1.54, 1.807) is 18.3 Å². The summed E-state index contributed by atoms with van der Waals surface area (Å²) in [7, 11) is 0. The van der Waals surface area contributed by atoms with Crippen LogP contribution in [0.4, 0.5) is 0 Å². The second-order valence-electron chi connectivity index (χ2n) is 4.14. The van der Waals surface area contributed by atoms with Gasteiger partial charge in [-0.05, 0) is 41.8 Å². The van der Waals surface area contributed by atoms with Crippen molar-refractivity contribution in [3.63, 3.8) is 0 Å². The molecule has 1 aromatic heterocycles. The second-order valence-corrected chi connectivity index (χ2v) is 5.44. The van der Waals surface area contributed by atoms with Crippen LogP contribution in [0.2, 0.25) is 5.15 Å². The minimum atomic E-state index is -0.856. The van der Waals surface area contributed by atoms with E-state index >= 15 is 0 Å². The van der Waals surface area contributed by atoms with Crippen LogP contribution < -0.4 is 0 Å². The largest absolute Gasteiger partial charge is 0.481 e. The van der Waals surface area contributed by atoms with Crippen molar-refractivity contribution >= 4 is 33.5 Å².